The first kappa shape index (κ1) is 12.2. The Morgan fingerprint density at radius 3 is 2.62 bits per heavy atom. The van der Waals surface area contributed by atoms with E-state index in [0.717, 1.165) is 6.42 Å². The maximum Gasteiger partial charge on any atom is 0.226 e. The van der Waals surface area contributed by atoms with E-state index in [0.29, 0.717) is 19.0 Å². The summed E-state index contributed by atoms with van der Waals surface area (Å²) in [5.74, 6) is 0.964. The fraction of sp³-hybridized carbons (Fsp3) is 0.917. The number of alkyl halides is 1. The van der Waals surface area contributed by atoms with Gasteiger partial charge in [0.05, 0.1) is 18.1 Å². The van der Waals surface area contributed by atoms with Crippen LogP contribution in [-0.4, -0.2) is 42.0 Å². The molecular weight excluding hydrogens is 226 g/mol. The van der Waals surface area contributed by atoms with Crippen LogP contribution in [0.5, 0.6) is 0 Å². The van der Waals surface area contributed by atoms with Gasteiger partial charge in [-0.2, -0.15) is 0 Å². The van der Waals surface area contributed by atoms with Gasteiger partial charge in [-0.05, 0) is 18.8 Å². The highest BCUT2D eigenvalue weighted by molar-refractivity contribution is 6.18. The molecule has 1 saturated carbocycles. The molecule has 3 atom stereocenters. The number of halogens is 1. The fourth-order valence-corrected chi connectivity index (χ4v) is 2.59. The van der Waals surface area contributed by atoms with Crippen molar-refractivity contribution >= 4 is 17.5 Å². The van der Waals surface area contributed by atoms with Gasteiger partial charge in [-0.1, -0.05) is 13.8 Å². The molecule has 0 aromatic rings. The van der Waals surface area contributed by atoms with Gasteiger partial charge in [0.25, 0.3) is 0 Å². The number of hydrogen-bond acceptors (Lipinski definition) is 2. The van der Waals surface area contributed by atoms with Crippen LogP contribution in [0.1, 0.15) is 27.2 Å². The second-order valence-corrected chi connectivity index (χ2v) is 6.02. The molecule has 0 N–H and O–H groups in total. The first-order valence-corrected chi connectivity index (χ1v) is 6.47. The molecule has 2 rings (SSSR count). The summed E-state index contributed by atoms with van der Waals surface area (Å²) < 4.78 is 5.64. The van der Waals surface area contributed by atoms with Crippen LogP contribution >= 0.6 is 11.6 Å². The summed E-state index contributed by atoms with van der Waals surface area (Å²) >= 11 is 5.80. The molecule has 3 unspecified atom stereocenters. The quantitative estimate of drug-likeness (QED) is 0.696. The van der Waals surface area contributed by atoms with Crippen molar-refractivity contribution in [1.29, 1.82) is 0 Å². The van der Waals surface area contributed by atoms with Gasteiger partial charge in [0.15, 0.2) is 0 Å². The van der Waals surface area contributed by atoms with Crippen molar-refractivity contribution in [1.82, 2.24) is 4.90 Å². The van der Waals surface area contributed by atoms with Gasteiger partial charge in [0.2, 0.25) is 5.91 Å². The second kappa shape index (κ2) is 4.19. The highest BCUT2D eigenvalue weighted by atomic mass is 35.5. The van der Waals surface area contributed by atoms with Crippen molar-refractivity contribution in [2.75, 3.05) is 19.0 Å². The number of hydrogen-bond donors (Lipinski definition) is 0. The number of amides is 1. The Labute approximate surface area is 102 Å². The van der Waals surface area contributed by atoms with Gasteiger partial charge in [-0.3, -0.25) is 4.79 Å². The Bertz CT molecular complexity index is 293. The Kier molecular flexibility index (Phi) is 3.19. The number of carbonyl (C=O) groups is 1. The summed E-state index contributed by atoms with van der Waals surface area (Å²) in [5.41, 5.74) is 0.203. The molecule has 1 heterocycles. The molecule has 1 aliphatic heterocycles. The molecule has 1 saturated heterocycles. The molecule has 0 aromatic carbocycles. The Balaban J connectivity index is 1.96. The third-order valence-electron chi connectivity index (χ3n) is 3.62. The van der Waals surface area contributed by atoms with Crippen LogP contribution in [0, 0.1) is 11.3 Å². The number of carbonyl (C=O) groups excluding carboxylic acids is 1. The minimum Gasteiger partial charge on any atom is -0.370 e. The van der Waals surface area contributed by atoms with Gasteiger partial charge in [-0.15, -0.1) is 11.6 Å². The number of nitrogens with zero attached hydrogens (tertiary/aromatic N) is 1. The van der Waals surface area contributed by atoms with E-state index in [2.05, 4.69) is 13.8 Å². The topological polar surface area (TPSA) is 29.5 Å². The standard InChI is InChI=1S/C12H20ClNO2/c1-8-6-14(7-9(5-13)16-8)11(15)10-4-12(10,2)3/h8-10H,4-7H2,1-3H3. The van der Waals surface area contributed by atoms with Crippen LogP contribution in [-0.2, 0) is 9.53 Å². The zero-order valence-corrected chi connectivity index (χ0v) is 11.0. The Hall–Kier alpha value is -0.280. The number of rotatable bonds is 2. The Morgan fingerprint density at radius 1 is 1.50 bits per heavy atom. The highest BCUT2D eigenvalue weighted by Gasteiger charge is 2.52. The normalized spacial score (nSPS) is 37.2. The molecule has 2 fully saturated rings. The van der Waals surface area contributed by atoms with E-state index in [4.69, 9.17) is 16.3 Å². The van der Waals surface area contributed by atoms with E-state index >= 15 is 0 Å². The predicted molar refractivity (Wildman–Crippen MR) is 63.5 cm³/mol. The lowest BCUT2D eigenvalue weighted by atomic mass is 10.1. The van der Waals surface area contributed by atoms with Crippen LogP contribution in [0.2, 0.25) is 0 Å². The molecule has 0 spiro atoms. The van der Waals surface area contributed by atoms with Crippen molar-refractivity contribution in [3.63, 3.8) is 0 Å². The predicted octanol–water partition coefficient (Wildman–Crippen LogP) is 1.89. The smallest absolute Gasteiger partial charge is 0.226 e. The first-order chi connectivity index (χ1) is 7.44. The maximum atomic E-state index is 12.2. The van der Waals surface area contributed by atoms with Crippen LogP contribution < -0.4 is 0 Å². The molecular formula is C12H20ClNO2. The summed E-state index contributed by atoms with van der Waals surface area (Å²) in [5, 5.41) is 0. The van der Waals surface area contributed by atoms with E-state index in [9.17, 15) is 4.79 Å². The van der Waals surface area contributed by atoms with Gasteiger partial charge < -0.3 is 9.64 Å². The number of morpholine rings is 1. The highest BCUT2D eigenvalue weighted by Crippen LogP contribution is 2.52. The van der Waals surface area contributed by atoms with E-state index < -0.39 is 0 Å². The molecule has 92 valence electrons. The molecule has 1 amide bonds. The lowest BCUT2D eigenvalue weighted by Crippen LogP contribution is -2.50. The van der Waals surface area contributed by atoms with Crippen LogP contribution in [0.15, 0.2) is 0 Å². The van der Waals surface area contributed by atoms with Crippen molar-refractivity contribution in [2.45, 2.75) is 39.4 Å². The summed E-state index contributed by atoms with van der Waals surface area (Å²) in [6.45, 7) is 7.66. The lowest BCUT2D eigenvalue weighted by Gasteiger charge is -2.36. The molecule has 1 aliphatic carbocycles. The van der Waals surface area contributed by atoms with Crippen molar-refractivity contribution < 1.29 is 9.53 Å². The van der Waals surface area contributed by atoms with Crippen molar-refractivity contribution in [2.24, 2.45) is 11.3 Å². The molecule has 0 aromatic heterocycles. The summed E-state index contributed by atoms with van der Waals surface area (Å²) in [6.07, 6.45) is 1.11. The van der Waals surface area contributed by atoms with Crippen molar-refractivity contribution in [3.05, 3.63) is 0 Å². The Morgan fingerprint density at radius 2 is 2.12 bits per heavy atom. The van der Waals surface area contributed by atoms with Gasteiger partial charge in [-0.25, -0.2) is 0 Å². The third-order valence-corrected chi connectivity index (χ3v) is 3.97. The molecule has 2 aliphatic rings. The third kappa shape index (κ3) is 2.35. The monoisotopic (exact) mass is 245 g/mol. The zero-order valence-electron chi connectivity index (χ0n) is 10.2. The van der Waals surface area contributed by atoms with Crippen LogP contribution in [0.3, 0.4) is 0 Å². The molecule has 4 heteroatoms. The van der Waals surface area contributed by atoms with E-state index in [1.807, 2.05) is 11.8 Å². The zero-order chi connectivity index (χ0) is 11.9. The maximum absolute atomic E-state index is 12.2. The van der Waals surface area contributed by atoms with Crippen molar-refractivity contribution in [3.8, 4) is 0 Å². The summed E-state index contributed by atoms with van der Waals surface area (Å²) in [6, 6.07) is 0. The SMILES string of the molecule is CC1CN(C(=O)C2CC2(C)C)CC(CCl)O1. The summed E-state index contributed by atoms with van der Waals surface area (Å²) in [7, 11) is 0. The van der Waals surface area contributed by atoms with E-state index in [-0.39, 0.29) is 29.4 Å². The average Bonchev–Trinajstić information content (AvgIpc) is 2.85. The molecule has 3 nitrogen and oxygen atoms in total. The molecule has 0 radical (unpaired) electrons. The van der Waals surface area contributed by atoms with E-state index in [1.54, 1.807) is 0 Å². The number of ether oxygens (including phenoxy) is 1. The molecule has 0 bridgehead atoms. The first-order valence-electron chi connectivity index (χ1n) is 5.94. The summed E-state index contributed by atoms with van der Waals surface area (Å²) in [4.78, 5) is 14.1. The lowest BCUT2D eigenvalue weighted by molar-refractivity contribution is -0.145. The minimum atomic E-state index is -0.00349. The second-order valence-electron chi connectivity index (χ2n) is 5.71. The van der Waals surface area contributed by atoms with Gasteiger partial charge in [0.1, 0.15) is 0 Å². The minimum absolute atomic E-state index is 0.00349. The van der Waals surface area contributed by atoms with Gasteiger partial charge >= 0.3 is 0 Å². The molecule has 16 heavy (non-hydrogen) atoms. The van der Waals surface area contributed by atoms with Crippen LogP contribution in [0.25, 0.3) is 0 Å². The van der Waals surface area contributed by atoms with Crippen LogP contribution in [0.4, 0.5) is 0 Å². The fourth-order valence-electron chi connectivity index (χ4n) is 2.42. The average molecular weight is 246 g/mol. The van der Waals surface area contributed by atoms with Gasteiger partial charge in [0, 0.05) is 19.0 Å². The van der Waals surface area contributed by atoms with E-state index in [1.165, 1.54) is 0 Å². The largest absolute Gasteiger partial charge is 0.370 e.